The maximum atomic E-state index is 13.1. The molecule has 0 spiro atoms. The number of carbonyl (C=O) groups is 2. The molecule has 0 aliphatic carbocycles. The molecule has 0 saturated carbocycles. The molecule has 31 heavy (non-hydrogen) atoms. The van der Waals surface area contributed by atoms with Gasteiger partial charge < -0.3 is 26.8 Å². The molecule has 0 bridgehead atoms. The van der Waals surface area contributed by atoms with Gasteiger partial charge in [-0.05, 0) is 24.8 Å². The van der Waals surface area contributed by atoms with Crippen LogP contribution in [-0.4, -0.2) is 30.2 Å². The van der Waals surface area contributed by atoms with E-state index in [1.54, 1.807) is 0 Å². The van der Waals surface area contributed by atoms with Gasteiger partial charge in [0.2, 0.25) is 11.8 Å². The Balaban J connectivity index is 3.04. The predicted octanol–water partition coefficient (Wildman–Crippen LogP) is 3.17. The maximum absolute atomic E-state index is 13.1. The molecule has 7 heteroatoms. The van der Waals surface area contributed by atoms with Gasteiger partial charge in [0.05, 0.1) is 25.0 Å². The number of benzene rings is 1. The first-order valence-corrected chi connectivity index (χ1v) is 11.7. The molecule has 0 aliphatic rings. The molecule has 6 N–H and O–H groups in total. The van der Waals surface area contributed by atoms with E-state index in [-0.39, 0.29) is 0 Å². The highest BCUT2D eigenvalue weighted by atomic mass is 16.5. The molecule has 2 amide bonds. The van der Waals surface area contributed by atoms with E-state index in [2.05, 4.69) is 17.6 Å². The van der Waals surface area contributed by atoms with Crippen LogP contribution in [-0.2, 0) is 20.9 Å². The molecular weight excluding hydrogens is 392 g/mol. The molecule has 0 saturated heterocycles. The Hall–Kier alpha value is -1.96. The number of unbranched alkanes of at least 4 members (excludes halogenated alkanes) is 2. The molecule has 176 valence electrons. The van der Waals surface area contributed by atoms with Crippen molar-refractivity contribution in [1.82, 2.24) is 10.6 Å². The fourth-order valence-corrected chi connectivity index (χ4v) is 3.49. The Kier molecular flexibility index (Phi) is 13.8. The van der Waals surface area contributed by atoms with Crippen molar-refractivity contribution in [3.8, 4) is 0 Å². The first-order chi connectivity index (χ1) is 14.9. The molecule has 1 rings (SSSR count). The summed E-state index contributed by atoms with van der Waals surface area (Å²) in [5, 5.41) is 5.59. The van der Waals surface area contributed by atoms with Gasteiger partial charge >= 0.3 is 0 Å². The second kappa shape index (κ2) is 15.8. The van der Waals surface area contributed by atoms with Crippen molar-refractivity contribution in [1.29, 1.82) is 0 Å². The molecule has 0 fully saturated rings. The molecule has 1 aromatic carbocycles. The highest BCUT2D eigenvalue weighted by Crippen LogP contribution is 2.20. The lowest BCUT2D eigenvalue weighted by Crippen LogP contribution is -2.55. The van der Waals surface area contributed by atoms with Crippen LogP contribution in [0.25, 0.3) is 0 Å². The lowest BCUT2D eigenvalue weighted by atomic mass is 9.94. The second-order valence-electron chi connectivity index (χ2n) is 8.12. The summed E-state index contributed by atoms with van der Waals surface area (Å²) in [5.41, 5.74) is 13.1. The van der Waals surface area contributed by atoms with Crippen molar-refractivity contribution in [2.45, 2.75) is 97.2 Å². The van der Waals surface area contributed by atoms with E-state index in [1.807, 2.05) is 44.2 Å². The van der Waals surface area contributed by atoms with Gasteiger partial charge in [0.1, 0.15) is 5.92 Å². The zero-order valence-corrected chi connectivity index (χ0v) is 19.4. The zero-order chi connectivity index (χ0) is 23.1. The molecule has 0 heterocycles. The average Bonchev–Trinajstić information content (AvgIpc) is 2.73. The Labute approximate surface area is 187 Å². The highest BCUT2D eigenvalue weighted by molar-refractivity contribution is 6.01. The van der Waals surface area contributed by atoms with E-state index >= 15 is 0 Å². The van der Waals surface area contributed by atoms with Gasteiger partial charge in [-0.15, -0.1) is 0 Å². The molecule has 3 unspecified atom stereocenters. The van der Waals surface area contributed by atoms with E-state index in [1.165, 1.54) is 0 Å². The Morgan fingerprint density at radius 3 is 1.87 bits per heavy atom. The van der Waals surface area contributed by atoms with E-state index < -0.39 is 36.2 Å². The zero-order valence-electron chi connectivity index (χ0n) is 19.4. The summed E-state index contributed by atoms with van der Waals surface area (Å²) < 4.78 is 6.16. The number of carbonyl (C=O) groups excluding carboxylic acids is 2. The first-order valence-electron chi connectivity index (χ1n) is 11.7. The SMILES string of the molecule is CCCCCC(OCc1ccccc1)C(C(=O)NC(N)CCC)C(=O)NC(N)CCC. The monoisotopic (exact) mass is 434 g/mol. The minimum Gasteiger partial charge on any atom is -0.372 e. The standard InChI is InChI=1S/C24H42N4O3/c1-4-7-9-16-19(31-17-18-14-10-8-11-15-18)22(23(29)27-20(25)12-5-2)24(30)28-21(26)13-6-3/h8,10-11,14-15,19-22H,4-7,9,12-13,16-17,25-26H2,1-3H3,(H,27,29)(H,28,30). The van der Waals surface area contributed by atoms with Crippen molar-refractivity contribution in [3.63, 3.8) is 0 Å². The number of ether oxygens (including phenoxy) is 1. The predicted molar refractivity (Wildman–Crippen MR) is 125 cm³/mol. The molecule has 0 aromatic heterocycles. The van der Waals surface area contributed by atoms with E-state index in [4.69, 9.17) is 16.2 Å². The third-order valence-electron chi connectivity index (χ3n) is 5.19. The third kappa shape index (κ3) is 10.8. The number of amides is 2. The lowest BCUT2D eigenvalue weighted by molar-refractivity contribution is -0.144. The smallest absolute Gasteiger partial charge is 0.236 e. The van der Waals surface area contributed by atoms with E-state index in [0.717, 1.165) is 37.7 Å². The number of hydrogen-bond donors (Lipinski definition) is 4. The molecule has 1 aromatic rings. The summed E-state index contributed by atoms with van der Waals surface area (Å²) in [4.78, 5) is 26.2. The molecule has 0 radical (unpaired) electrons. The van der Waals surface area contributed by atoms with Crippen molar-refractivity contribution in [2.75, 3.05) is 0 Å². The topological polar surface area (TPSA) is 119 Å². The van der Waals surface area contributed by atoms with Crippen molar-refractivity contribution in [3.05, 3.63) is 35.9 Å². The summed E-state index contributed by atoms with van der Waals surface area (Å²) >= 11 is 0. The van der Waals surface area contributed by atoms with Gasteiger partial charge in [-0.3, -0.25) is 9.59 Å². The largest absolute Gasteiger partial charge is 0.372 e. The minimum absolute atomic E-state index is 0.330. The molecule has 0 aliphatic heterocycles. The van der Waals surface area contributed by atoms with Crippen LogP contribution in [0.15, 0.2) is 30.3 Å². The average molecular weight is 435 g/mol. The van der Waals surface area contributed by atoms with Gasteiger partial charge in [0.25, 0.3) is 0 Å². The molecule has 7 nitrogen and oxygen atoms in total. The second-order valence-corrected chi connectivity index (χ2v) is 8.12. The highest BCUT2D eigenvalue weighted by Gasteiger charge is 2.36. The van der Waals surface area contributed by atoms with Crippen LogP contribution in [0.2, 0.25) is 0 Å². The van der Waals surface area contributed by atoms with Crippen LogP contribution >= 0.6 is 0 Å². The van der Waals surface area contributed by atoms with Crippen molar-refractivity contribution < 1.29 is 14.3 Å². The van der Waals surface area contributed by atoms with Crippen LogP contribution in [0.4, 0.5) is 0 Å². The van der Waals surface area contributed by atoms with E-state index in [0.29, 0.717) is 25.9 Å². The van der Waals surface area contributed by atoms with Crippen LogP contribution in [0.1, 0.15) is 77.7 Å². The van der Waals surface area contributed by atoms with Crippen molar-refractivity contribution in [2.24, 2.45) is 17.4 Å². The number of nitrogens with two attached hydrogens (primary N) is 2. The normalized spacial score (nSPS) is 15.0. The Morgan fingerprint density at radius 2 is 1.39 bits per heavy atom. The Morgan fingerprint density at radius 1 is 0.839 bits per heavy atom. The first kappa shape index (κ1) is 27.1. The Bertz CT molecular complexity index is 601. The van der Waals surface area contributed by atoms with Crippen molar-refractivity contribution >= 4 is 11.8 Å². The number of hydrogen-bond acceptors (Lipinski definition) is 5. The lowest BCUT2D eigenvalue weighted by Gasteiger charge is -2.28. The van der Waals surface area contributed by atoms with E-state index in [9.17, 15) is 9.59 Å². The summed E-state index contributed by atoms with van der Waals surface area (Å²) in [7, 11) is 0. The van der Waals surface area contributed by atoms with Gasteiger partial charge in [0.15, 0.2) is 0 Å². The molecule has 3 atom stereocenters. The maximum Gasteiger partial charge on any atom is 0.236 e. The van der Waals surface area contributed by atoms with Gasteiger partial charge in [0, 0.05) is 0 Å². The van der Waals surface area contributed by atoms with Gasteiger partial charge in [-0.2, -0.15) is 0 Å². The summed E-state index contributed by atoms with van der Waals surface area (Å²) in [5.74, 6) is -1.82. The minimum atomic E-state index is -1.01. The van der Waals surface area contributed by atoms with Gasteiger partial charge in [-0.1, -0.05) is 83.2 Å². The fraction of sp³-hybridized carbons (Fsp3) is 0.667. The quantitative estimate of drug-likeness (QED) is 0.181. The number of rotatable bonds is 16. The van der Waals surface area contributed by atoms with Crippen LogP contribution in [0, 0.1) is 5.92 Å². The summed E-state index contributed by atoms with van der Waals surface area (Å²) in [6, 6.07) is 9.75. The summed E-state index contributed by atoms with van der Waals surface area (Å²) in [6.07, 6.45) is 4.92. The van der Waals surface area contributed by atoms with Crippen LogP contribution < -0.4 is 22.1 Å². The fourth-order valence-electron chi connectivity index (χ4n) is 3.49. The number of nitrogens with one attached hydrogen (secondary N) is 2. The van der Waals surface area contributed by atoms with Crippen LogP contribution in [0.3, 0.4) is 0 Å². The molecular formula is C24H42N4O3. The summed E-state index contributed by atoms with van der Waals surface area (Å²) in [6.45, 7) is 6.44. The van der Waals surface area contributed by atoms with Crippen LogP contribution in [0.5, 0.6) is 0 Å². The third-order valence-corrected chi connectivity index (χ3v) is 5.19. The van der Waals surface area contributed by atoms with Gasteiger partial charge in [-0.25, -0.2) is 0 Å².